The highest BCUT2D eigenvalue weighted by Crippen LogP contribution is 2.38. The van der Waals surface area contributed by atoms with Crippen LogP contribution in [-0.4, -0.2) is 30.5 Å². The highest BCUT2D eigenvalue weighted by atomic mass is 19.1. The summed E-state index contributed by atoms with van der Waals surface area (Å²) >= 11 is 0. The Hall–Kier alpha value is -2.25. The van der Waals surface area contributed by atoms with Gasteiger partial charge >= 0.3 is 5.97 Å². The van der Waals surface area contributed by atoms with Crippen LogP contribution >= 0.6 is 0 Å². The maximum atomic E-state index is 14.5. The van der Waals surface area contributed by atoms with E-state index in [0.717, 1.165) is 12.0 Å². The van der Waals surface area contributed by atoms with E-state index in [0.29, 0.717) is 38.5 Å². The fourth-order valence-electron chi connectivity index (χ4n) is 4.08. The second-order valence-electron chi connectivity index (χ2n) is 8.13. The number of nitrogens with one attached hydrogen (secondary N) is 1. The molecule has 7 heteroatoms. The minimum absolute atomic E-state index is 0.0922. The molecule has 1 aliphatic rings. The number of rotatable bonds is 10. The molecule has 4 nitrogen and oxygen atoms in total. The van der Waals surface area contributed by atoms with Gasteiger partial charge in [-0.25, -0.2) is 8.78 Å². The van der Waals surface area contributed by atoms with Gasteiger partial charge in [0.15, 0.2) is 0 Å². The Bertz CT molecular complexity index is 889. The van der Waals surface area contributed by atoms with Gasteiger partial charge in [0.2, 0.25) is 0 Å². The molecule has 2 radical (unpaired) electrons. The van der Waals surface area contributed by atoms with E-state index in [2.05, 4.69) is 5.32 Å². The normalized spacial score (nSPS) is 20.4. The van der Waals surface area contributed by atoms with E-state index in [1.54, 1.807) is 30.3 Å². The maximum absolute atomic E-state index is 14.5. The van der Waals surface area contributed by atoms with E-state index >= 15 is 0 Å². The lowest BCUT2D eigenvalue weighted by Crippen LogP contribution is -2.60. The van der Waals surface area contributed by atoms with Gasteiger partial charge in [0.1, 0.15) is 17.2 Å². The summed E-state index contributed by atoms with van der Waals surface area (Å²) in [6, 6.07) is 11.0. The van der Waals surface area contributed by atoms with E-state index in [-0.39, 0.29) is 23.1 Å². The van der Waals surface area contributed by atoms with Crippen LogP contribution in [-0.2, 0) is 11.3 Å². The number of halogens is 2. The number of nitrogens with two attached hydrogens (primary N) is 1. The fraction of sp³-hybridized carbons (Fsp3) is 0.435. The molecule has 2 aromatic carbocycles. The standard InChI is InChI=1S/C23H27BF2N2O2/c24-10-4-3-9-23(27,22(29)30)16-12-17(13-16)28-14-15-7-8-19(21(26)11-15)18-5-1-2-6-20(18)25/h1-2,5-8,11,16-17,28H,3-4,9-10,12-14,27H2,(H,29,30). The molecule has 0 saturated heterocycles. The van der Waals surface area contributed by atoms with Crippen molar-refractivity contribution in [2.24, 2.45) is 11.7 Å². The number of hydrogen-bond donors (Lipinski definition) is 3. The first-order valence-corrected chi connectivity index (χ1v) is 10.3. The minimum atomic E-state index is -1.22. The zero-order valence-corrected chi connectivity index (χ0v) is 16.9. The Morgan fingerprint density at radius 2 is 1.83 bits per heavy atom. The Kier molecular flexibility index (Phi) is 7.26. The van der Waals surface area contributed by atoms with Crippen LogP contribution in [0.15, 0.2) is 42.5 Å². The third-order valence-electron chi connectivity index (χ3n) is 6.10. The van der Waals surface area contributed by atoms with Crippen molar-refractivity contribution in [2.75, 3.05) is 0 Å². The second-order valence-corrected chi connectivity index (χ2v) is 8.13. The van der Waals surface area contributed by atoms with Crippen LogP contribution in [0.3, 0.4) is 0 Å². The van der Waals surface area contributed by atoms with Gasteiger partial charge in [-0.3, -0.25) is 4.79 Å². The molecule has 1 fully saturated rings. The molecule has 30 heavy (non-hydrogen) atoms. The monoisotopic (exact) mass is 412 g/mol. The molecular weight excluding hydrogens is 385 g/mol. The number of carboxylic acid groups (broad SMARTS) is 1. The quantitative estimate of drug-likeness (QED) is 0.407. The zero-order valence-electron chi connectivity index (χ0n) is 16.9. The number of aliphatic carboxylic acids is 1. The smallest absolute Gasteiger partial charge is 0.323 e. The molecule has 0 bridgehead atoms. The molecule has 158 valence electrons. The van der Waals surface area contributed by atoms with Crippen molar-refractivity contribution < 1.29 is 18.7 Å². The molecule has 0 spiro atoms. The Balaban J connectivity index is 1.54. The van der Waals surface area contributed by atoms with Crippen LogP contribution < -0.4 is 11.1 Å². The highest BCUT2D eigenvalue weighted by molar-refractivity contribution is 6.08. The number of hydrogen-bond acceptors (Lipinski definition) is 3. The number of unbranched alkanes of at least 4 members (excludes halogenated alkanes) is 1. The lowest BCUT2D eigenvalue weighted by Gasteiger charge is -2.45. The van der Waals surface area contributed by atoms with Crippen LogP contribution in [0.4, 0.5) is 8.78 Å². The van der Waals surface area contributed by atoms with Gasteiger partial charge in [0.05, 0.1) is 7.85 Å². The summed E-state index contributed by atoms with van der Waals surface area (Å²) in [5.74, 6) is -1.99. The topological polar surface area (TPSA) is 75.4 Å². The van der Waals surface area contributed by atoms with Crippen molar-refractivity contribution in [2.45, 2.75) is 56.5 Å². The molecule has 0 aromatic heterocycles. The van der Waals surface area contributed by atoms with Gasteiger partial charge in [-0.1, -0.05) is 49.5 Å². The van der Waals surface area contributed by atoms with E-state index in [1.165, 1.54) is 12.1 Å². The van der Waals surface area contributed by atoms with Gasteiger partial charge in [-0.15, -0.1) is 0 Å². The van der Waals surface area contributed by atoms with E-state index in [9.17, 15) is 18.7 Å². The van der Waals surface area contributed by atoms with Crippen molar-refractivity contribution in [3.63, 3.8) is 0 Å². The number of benzene rings is 2. The molecule has 1 unspecified atom stereocenters. The van der Waals surface area contributed by atoms with Crippen LogP contribution in [0.5, 0.6) is 0 Å². The van der Waals surface area contributed by atoms with Gasteiger partial charge in [-0.05, 0) is 42.9 Å². The Morgan fingerprint density at radius 1 is 1.13 bits per heavy atom. The Morgan fingerprint density at radius 3 is 2.47 bits per heavy atom. The molecule has 1 aliphatic carbocycles. The van der Waals surface area contributed by atoms with Crippen molar-refractivity contribution in [1.29, 1.82) is 0 Å². The molecule has 0 aliphatic heterocycles. The third kappa shape index (κ3) is 4.90. The lowest BCUT2D eigenvalue weighted by atomic mass is 9.66. The molecule has 3 rings (SSSR count). The van der Waals surface area contributed by atoms with Gasteiger partial charge in [-0.2, -0.15) is 0 Å². The molecule has 1 saturated carbocycles. The molecule has 1 atom stereocenters. The molecule has 4 N–H and O–H groups in total. The zero-order chi connectivity index (χ0) is 21.7. The van der Waals surface area contributed by atoms with Gasteiger partial charge < -0.3 is 16.2 Å². The predicted octanol–water partition coefficient (Wildman–Crippen LogP) is 4.04. The average molecular weight is 412 g/mol. The number of carbonyl (C=O) groups is 1. The largest absolute Gasteiger partial charge is 0.480 e. The first-order valence-electron chi connectivity index (χ1n) is 10.3. The van der Waals surface area contributed by atoms with Crippen LogP contribution in [0.2, 0.25) is 6.32 Å². The molecule has 0 heterocycles. The highest BCUT2D eigenvalue weighted by Gasteiger charge is 2.47. The number of carboxylic acids is 1. The Labute approximate surface area is 177 Å². The van der Waals surface area contributed by atoms with Crippen LogP contribution in [0.1, 0.15) is 37.7 Å². The summed E-state index contributed by atoms with van der Waals surface area (Å²) in [4.78, 5) is 11.7. The minimum Gasteiger partial charge on any atom is -0.480 e. The van der Waals surface area contributed by atoms with E-state index in [4.69, 9.17) is 13.6 Å². The fourth-order valence-corrected chi connectivity index (χ4v) is 4.08. The summed E-state index contributed by atoms with van der Waals surface area (Å²) in [6.45, 7) is 0.448. The van der Waals surface area contributed by atoms with Crippen molar-refractivity contribution in [3.05, 3.63) is 59.7 Å². The molecule has 0 amide bonds. The van der Waals surface area contributed by atoms with Gasteiger partial charge in [0, 0.05) is 23.7 Å². The van der Waals surface area contributed by atoms with Crippen LogP contribution in [0, 0.1) is 17.6 Å². The lowest BCUT2D eigenvalue weighted by molar-refractivity contribution is -0.148. The maximum Gasteiger partial charge on any atom is 0.323 e. The third-order valence-corrected chi connectivity index (χ3v) is 6.10. The summed E-state index contributed by atoms with van der Waals surface area (Å²) in [7, 11) is 5.49. The summed E-state index contributed by atoms with van der Waals surface area (Å²) in [5.41, 5.74) is 6.20. The first kappa shape index (κ1) is 22.4. The van der Waals surface area contributed by atoms with Gasteiger partial charge in [0.25, 0.3) is 0 Å². The molecular formula is C23H27BF2N2O2. The van der Waals surface area contributed by atoms with Crippen molar-refractivity contribution >= 4 is 13.8 Å². The van der Waals surface area contributed by atoms with Crippen LogP contribution in [0.25, 0.3) is 11.1 Å². The van der Waals surface area contributed by atoms with Crippen molar-refractivity contribution in [1.82, 2.24) is 5.32 Å². The second kappa shape index (κ2) is 9.71. The predicted molar refractivity (Wildman–Crippen MR) is 114 cm³/mol. The molecule has 2 aromatic rings. The summed E-state index contributed by atoms with van der Waals surface area (Å²) < 4.78 is 28.4. The summed E-state index contributed by atoms with van der Waals surface area (Å²) in [5, 5.41) is 12.9. The average Bonchev–Trinajstić information content (AvgIpc) is 2.67. The van der Waals surface area contributed by atoms with Crippen molar-refractivity contribution in [3.8, 4) is 11.1 Å². The first-order chi connectivity index (χ1) is 14.3. The van der Waals surface area contributed by atoms with E-state index < -0.39 is 23.1 Å². The summed E-state index contributed by atoms with van der Waals surface area (Å²) in [6.07, 6.45) is 3.73. The van der Waals surface area contributed by atoms with E-state index in [1.807, 2.05) is 0 Å². The SMILES string of the molecule is [B]CCCCC(N)(C(=O)O)C1CC(NCc2ccc(-c3ccccc3F)c(F)c2)C1.